The Balaban J connectivity index is 1.41. The number of amides is 1. The number of aromatic nitrogens is 2. The third-order valence-corrected chi connectivity index (χ3v) is 5.51. The summed E-state index contributed by atoms with van der Waals surface area (Å²) in [5, 5.41) is 0. The first kappa shape index (κ1) is 20.8. The summed E-state index contributed by atoms with van der Waals surface area (Å²) < 4.78 is 12.3. The molecule has 2 fully saturated rings. The number of hydrogen-bond donors (Lipinski definition) is 0. The molecule has 0 unspecified atom stereocenters. The Morgan fingerprint density at radius 2 is 1.96 bits per heavy atom. The van der Waals surface area contributed by atoms with Crippen LogP contribution in [0.4, 0.5) is 0 Å². The first-order chi connectivity index (χ1) is 13.7. The predicted molar refractivity (Wildman–Crippen MR) is 104 cm³/mol. The van der Waals surface area contributed by atoms with Gasteiger partial charge in [0.1, 0.15) is 12.4 Å². The highest BCUT2D eigenvalue weighted by Gasteiger charge is 2.27. The lowest BCUT2D eigenvalue weighted by Crippen LogP contribution is -2.50. The zero-order valence-electron chi connectivity index (χ0n) is 16.8. The van der Waals surface area contributed by atoms with E-state index in [1.54, 1.807) is 17.0 Å². The van der Waals surface area contributed by atoms with Crippen LogP contribution in [0.25, 0.3) is 0 Å². The van der Waals surface area contributed by atoms with Crippen LogP contribution in [-0.2, 0) is 32.0 Å². The van der Waals surface area contributed by atoms with Gasteiger partial charge in [-0.15, -0.1) is 0 Å². The molecule has 3 rings (SSSR count). The monoisotopic (exact) mass is 392 g/mol. The van der Waals surface area contributed by atoms with E-state index in [0.29, 0.717) is 25.5 Å². The number of aryl methyl sites for hydroxylation is 1. The van der Waals surface area contributed by atoms with Crippen LogP contribution < -0.4 is 0 Å². The molecule has 1 aromatic rings. The van der Waals surface area contributed by atoms with Gasteiger partial charge in [0.15, 0.2) is 0 Å². The number of hydrogen-bond acceptors (Lipinski definition) is 6. The number of carbonyl (C=O) groups excluding carboxylic acids is 2. The smallest absolute Gasteiger partial charge is 0.325 e. The quantitative estimate of drug-likeness (QED) is 0.617. The van der Waals surface area contributed by atoms with Crippen LogP contribution in [0.1, 0.15) is 38.4 Å². The van der Waals surface area contributed by atoms with Crippen molar-refractivity contribution in [1.82, 2.24) is 19.4 Å². The molecule has 3 heterocycles. The fraction of sp³-hybridized carbons (Fsp3) is 0.750. The first-order valence-electron chi connectivity index (χ1n) is 10.4. The van der Waals surface area contributed by atoms with Crippen molar-refractivity contribution in [3.63, 3.8) is 0 Å². The minimum atomic E-state index is -0.266. The third kappa shape index (κ3) is 5.78. The van der Waals surface area contributed by atoms with E-state index < -0.39 is 0 Å². The number of carbonyl (C=O) groups is 2. The zero-order chi connectivity index (χ0) is 19.8. The van der Waals surface area contributed by atoms with E-state index in [2.05, 4.69) is 9.88 Å². The Bertz CT molecular complexity index is 634. The van der Waals surface area contributed by atoms with Crippen LogP contribution in [0.2, 0.25) is 0 Å². The Hall–Kier alpha value is -1.93. The van der Waals surface area contributed by atoms with E-state index in [0.717, 1.165) is 64.5 Å². The molecular formula is C20H32N4O4. The maximum absolute atomic E-state index is 12.6. The number of imidazole rings is 1. The molecule has 0 saturated carbocycles. The minimum absolute atomic E-state index is 0.147. The number of morpholine rings is 1. The van der Waals surface area contributed by atoms with Gasteiger partial charge in [-0.2, -0.15) is 0 Å². The average Bonchev–Trinajstić information content (AvgIpc) is 3.18. The van der Waals surface area contributed by atoms with Gasteiger partial charge in [-0.3, -0.25) is 14.5 Å². The third-order valence-electron chi connectivity index (χ3n) is 5.51. The molecule has 2 aliphatic rings. The van der Waals surface area contributed by atoms with Crippen molar-refractivity contribution in [3.8, 4) is 0 Å². The molecule has 8 heteroatoms. The molecule has 0 N–H and O–H groups in total. The summed E-state index contributed by atoms with van der Waals surface area (Å²) in [7, 11) is 0. The van der Waals surface area contributed by atoms with Gasteiger partial charge in [0.2, 0.25) is 5.91 Å². The number of esters is 1. The molecule has 2 aliphatic heterocycles. The number of likely N-dealkylation sites (tertiary alicyclic amines) is 1. The van der Waals surface area contributed by atoms with Crippen molar-refractivity contribution in [2.75, 3.05) is 46.0 Å². The lowest BCUT2D eigenvalue weighted by atomic mass is 10.0. The van der Waals surface area contributed by atoms with Gasteiger partial charge in [-0.1, -0.05) is 6.92 Å². The fourth-order valence-electron chi connectivity index (χ4n) is 3.91. The average molecular weight is 393 g/mol. The maximum Gasteiger partial charge on any atom is 0.325 e. The van der Waals surface area contributed by atoms with E-state index >= 15 is 0 Å². The lowest BCUT2D eigenvalue weighted by Gasteiger charge is -2.40. The summed E-state index contributed by atoms with van der Waals surface area (Å²) >= 11 is 0. The molecule has 0 bridgehead atoms. The summed E-state index contributed by atoms with van der Waals surface area (Å²) in [6.07, 6.45) is 7.26. The molecule has 8 nitrogen and oxygen atoms in total. The van der Waals surface area contributed by atoms with Crippen molar-refractivity contribution < 1.29 is 19.1 Å². The SMILES string of the molecule is CCCOC(=O)Cn1ccnc1CCC(=O)N1CCC(N2CCOCC2)CC1. The lowest BCUT2D eigenvalue weighted by molar-refractivity contribution is -0.144. The molecule has 28 heavy (non-hydrogen) atoms. The fourth-order valence-corrected chi connectivity index (χ4v) is 3.91. The van der Waals surface area contributed by atoms with Crippen LogP contribution in [-0.4, -0.2) is 83.3 Å². The van der Waals surface area contributed by atoms with Crippen LogP contribution in [0.3, 0.4) is 0 Å². The van der Waals surface area contributed by atoms with Gasteiger partial charge in [-0.25, -0.2) is 4.98 Å². The summed E-state index contributed by atoms with van der Waals surface area (Å²) in [6.45, 7) is 7.82. The molecule has 0 spiro atoms. The molecule has 0 atom stereocenters. The highest BCUT2D eigenvalue weighted by Crippen LogP contribution is 2.18. The summed E-state index contributed by atoms with van der Waals surface area (Å²) in [5.74, 6) is 0.658. The predicted octanol–water partition coefficient (Wildman–Crippen LogP) is 1.09. The zero-order valence-corrected chi connectivity index (χ0v) is 16.8. The van der Waals surface area contributed by atoms with Crippen LogP contribution in [0.5, 0.6) is 0 Å². The van der Waals surface area contributed by atoms with E-state index in [9.17, 15) is 9.59 Å². The minimum Gasteiger partial charge on any atom is -0.464 e. The molecule has 0 aliphatic carbocycles. The Kier molecular flexibility index (Phi) is 7.85. The number of nitrogens with zero attached hydrogens (tertiary/aromatic N) is 4. The first-order valence-corrected chi connectivity index (χ1v) is 10.4. The molecular weight excluding hydrogens is 360 g/mol. The second-order valence-electron chi connectivity index (χ2n) is 7.45. The Labute approximate surface area is 166 Å². The number of ether oxygens (including phenoxy) is 2. The standard InChI is InChI=1S/C20H32N4O4/c1-2-13-28-20(26)16-24-10-7-21-18(24)3-4-19(25)23-8-5-17(6-9-23)22-11-14-27-15-12-22/h7,10,17H,2-6,8-9,11-16H2,1H3. The highest BCUT2D eigenvalue weighted by atomic mass is 16.5. The van der Waals surface area contributed by atoms with Gasteiger partial charge in [-0.05, 0) is 19.3 Å². The normalized spacial score (nSPS) is 19.0. The Morgan fingerprint density at radius 3 is 2.68 bits per heavy atom. The topological polar surface area (TPSA) is 76.9 Å². The van der Waals surface area contributed by atoms with Gasteiger partial charge in [0, 0.05) is 57.5 Å². The van der Waals surface area contributed by atoms with E-state index in [1.807, 2.05) is 11.8 Å². The van der Waals surface area contributed by atoms with E-state index in [1.165, 1.54) is 0 Å². The van der Waals surface area contributed by atoms with Gasteiger partial charge < -0.3 is 18.9 Å². The van der Waals surface area contributed by atoms with Crippen LogP contribution in [0.15, 0.2) is 12.4 Å². The van der Waals surface area contributed by atoms with Crippen molar-refractivity contribution in [1.29, 1.82) is 0 Å². The Morgan fingerprint density at radius 1 is 1.21 bits per heavy atom. The van der Waals surface area contributed by atoms with Crippen molar-refractivity contribution in [2.24, 2.45) is 0 Å². The molecule has 156 valence electrons. The van der Waals surface area contributed by atoms with E-state index in [-0.39, 0.29) is 18.4 Å². The van der Waals surface area contributed by atoms with E-state index in [4.69, 9.17) is 9.47 Å². The van der Waals surface area contributed by atoms with Gasteiger partial charge in [0.25, 0.3) is 0 Å². The number of piperidine rings is 1. The van der Waals surface area contributed by atoms with Gasteiger partial charge >= 0.3 is 5.97 Å². The van der Waals surface area contributed by atoms with Crippen LogP contribution in [0, 0.1) is 0 Å². The molecule has 0 radical (unpaired) electrons. The maximum atomic E-state index is 12.6. The second kappa shape index (κ2) is 10.6. The van der Waals surface area contributed by atoms with Gasteiger partial charge in [0.05, 0.1) is 19.8 Å². The number of rotatable bonds is 8. The highest BCUT2D eigenvalue weighted by molar-refractivity contribution is 5.76. The summed E-state index contributed by atoms with van der Waals surface area (Å²) in [4.78, 5) is 33.2. The van der Waals surface area contributed by atoms with Crippen molar-refractivity contribution in [3.05, 3.63) is 18.2 Å². The molecule has 1 aromatic heterocycles. The summed E-state index contributed by atoms with van der Waals surface area (Å²) in [5.41, 5.74) is 0. The van der Waals surface area contributed by atoms with Crippen molar-refractivity contribution >= 4 is 11.9 Å². The largest absolute Gasteiger partial charge is 0.464 e. The summed E-state index contributed by atoms with van der Waals surface area (Å²) in [6, 6.07) is 0.570. The van der Waals surface area contributed by atoms with Crippen molar-refractivity contribution in [2.45, 2.75) is 51.6 Å². The molecule has 1 amide bonds. The second-order valence-corrected chi connectivity index (χ2v) is 7.45. The molecule has 2 saturated heterocycles. The molecule has 0 aromatic carbocycles. The van der Waals surface area contributed by atoms with Crippen LogP contribution >= 0.6 is 0 Å².